The largest absolute Gasteiger partial charge is 0.475 e. The van der Waals surface area contributed by atoms with Crippen molar-refractivity contribution in [1.82, 2.24) is 15.3 Å². The molecule has 0 aliphatic carbocycles. The van der Waals surface area contributed by atoms with E-state index >= 15 is 0 Å². The number of hydrogen-bond acceptors (Lipinski definition) is 5. The highest BCUT2D eigenvalue weighted by atomic mass is 16.5. The van der Waals surface area contributed by atoms with Gasteiger partial charge in [0.1, 0.15) is 0 Å². The molecule has 0 radical (unpaired) electrons. The van der Waals surface area contributed by atoms with Crippen LogP contribution in [0.4, 0.5) is 5.95 Å². The maximum absolute atomic E-state index is 5.66. The van der Waals surface area contributed by atoms with Gasteiger partial charge in [0.05, 0.1) is 6.10 Å². The minimum Gasteiger partial charge on any atom is -0.475 e. The summed E-state index contributed by atoms with van der Waals surface area (Å²) in [6.45, 7) is 13.9. The fourth-order valence-electron chi connectivity index (χ4n) is 1.76. The van der Waals surface area contributed by atoms with E-state index in [0.717, 1.165) is 37.8 Å². The van der Waals surface area contributed by atoms with Gasteiger partial charge in [0.25, 0.3) is 0 Å². The van der Waals surface area contributed by atoms with E-state index in [2.05, 4.69) is 34.0 Å². The van der Waals surface area contributed by atoms with Crippen LogP contribution in [0.1, 0.15) is 33.4 Å². The van der Waals surface area contributed by atoms with Crippen LogP contribution >= 0.6 is 0 Å². The topological polar surface area (TPSA) is 50.3 Å². The SMILES string of the molecule is CCNCCN(CC)c1nc(C)cc(OC(C)C)n1. The number of likely N-dealkylation sites (N-methyl/N-ethyl adjacent to an activating group) is 2. The number of aryl methyl sites for hydroxylation is 1. The van der Waals surface area contributed by atoms with Gasteiger partial charge in [-0.15, -0.1) is 0 Å². The molecule has 1 heterocycles. The molecule has 1 rings (SSSR count). The number of ether oxygens (including phenoxy) is 1. The van der Waals surface area contributed by atoms with Gasteiger partial charge >= 0.3 is 0 Å². The number of anilines is 1. The summed E-state index contributed by atoms with van der Waals surface area (Å²) in [5.74, 6) is 1.40. The van der Waals surface area contributed by atoms with Crippen molar-refractivity contribution in [3.8, 4) is 5.88 Å². The van der Waals surface area contributed by atoms with Crippen LogP contribution in [0.5, 0.6) is 5.88 Å². The lowest BCUT2D eigenvalue weighted by Gasteiger charge is -2.22. The molecule has 0 amide bonds. The monoisotopic (exact) mass is 266 g/mol. The summed E-state index contributed by atoms with van der Waals surface area (Å²) in [4.78, 5) is 11.1. The average Bonchev–Trinajstić information content (AvgIpc) is 2.33. The van der Waals surface area contributed by atoms with Crippen molar-refractivity contribution in [2.45, 2.75) is 40.7 Å². The highest BCUT2D eigenvalue weighted by Crippen LogP contribution is 2.16. The van der Waals surface area contributed by atoms with Gasteiger partial charge in [-0.25, -0.2) is 4.98 Å². The molecule has 0 spiro atoms. The summed E-state index contributed by atoms with van der Waals surface area (Å²) in [7, 11) is 0. The normalized spacial score (nSPS) is 10.8. The van der Waals surface area contributed by atoms with Crippen LogP contribution < -0.4 is 15.0 Å². The second kappa shape index (κ2) is 7.94. The van der Waals surface area contributed by atoms with E-state index in [0.29, 0.717) is 5.88 Å². The lowest BCUT2D eigenvalue weighted by molar-refractivity contribution is 0.232. The number of nitrogens with one attached hydrogen (secondary N) is 1. The van der Waals surface area contributed by atoms with Crippen molar-refractivity contribution in [2.75, 3.05) is 31.1 Å². The van der Waals surface area contributed by atoms with Crippen LogP contribution in [-0.4, -0.2) is 42.3 Å². The van der Waals surface area contributed by atoms with Gasteiger partial charge in [0.15, 0.2) is 0 Å². The maximum Gasteiger partial charge on any atom is 0.228 e. The number of aromatic nitrogens is 2. The minimum absolute atomic E-state index is 0.124. The van der Waals surface area contributed by atoms with Crippen LogP contribution in [0.15, 0.2) is 6.07 Å². The smallest absolute Gasteiger partial charge is 0.228 e. The third-order valence-electron chi connectivity index (χ3n) is 2.65. The average molecular weight is 266 g/mol. The Morgan fingerprint density at radius 2 is 2.05 bits per heavy atom. The first-order chi connectivity index (χ1) is 9.06. The molecule has 0 saturated carbocycles. The zero-order valence-electron chi connectivity index (χ0n) is 12.7. The van der Waals surface area contributed by atoms with E-state index in [4.69, 9.17) is 4.74 Å². The molecular formula is C14H26N4O. The maximum atomic E-state index is 5.66. The van der Waals surface area contributed by atoms with E-state index in [1.807, 2.05) is 26.8 Å². The lowest BCUT2D eigenvalue weighted by atomic mass is 10.4. The van der Waals surface area contributed by atoms with E-state index < -0.39 is 0 Å². The molecule has 0 aliphatic rings. The highest BCUT2D eigenvalue weighted by Gasteiger charge is 2.10. The quantitative estimate of drug-likeness (QED) is 0.729. The molecule has 5 nitrogen and oxygen atoms in total. The first-order valence-electron chi connectivity index (χ1n) is 7.04. The first kappa shape index (κ1) is 15.7. The van der Waals surface area contributed by atoms with Gasteiger partial charge < -0.3 is 15.0 Å². The van der Waals surface area contributed by atoms with Crippen molar-refractivity contribution < 1.29 is 4.74 Å². The number of nitrogens with zero attached hydrogens (tertiary/aromatic N) is 3. The van der Waals surface area contributed by atoms with Gasteiger partial charge in [-0.1, -0.05) is 6.92 Å². The van der Waals surface area contributed by atoms with E-state index in [-0.39, 0.29) is 6.10 Å². The fraction of sp³-hybridized carbons (Fsp3) is 0.714. The molecule has 1 aromatic heterocycles. The Morgan fingerprint density at radius 1 is 1.32 bits per heavy atom. The predicted molar refractivity (Wildman–Crippen MR) is 79.0 cm³/mol. The highest BCUT2D eigenvalue weighted by molar-refractivity contribution is 5.34. The summed E-state index contributed by atoms with van der Waals surface area (Å²) in [5, 5.41) is 3.32. The molecule has 0 aromatic carbocycles. The van der Waals surface area contributed by atoms with Crippen molar-refractivity contribution in [2.24, 2.45) is 0 Å². The Labute approximate surface area is 116 Å². The van der Waals surface area contributed by atoms with Gasteiger partial charge in [0, 0.05) is 31.4 Å². The molecule has 0 unspecified atom stereocenters. The van der Waals surface area contributed by atoms with Gasteiger partial charge in [-0.05, 0) is 34.2 Å². The van der Waals surface area contributed by atoms with Crippen LogP contribution in [0, 0.1) is 6.92 Å². The van der Waals surface area contributed by atoms with Crippen molar-refractivity contribution in [3.63, 3.8) is 0 Å². The lowest BCUT2D eigenvalue weighted by Crippen LogP contribution is -2.33. The zero-order valence-corrected chi connectivity index (χ0v) is 12.7. The molecule has 0 atom stereocenters. The Hall–Kier alpha value is -1.36. The predicted octanol–water partition coefficient (Wildman–Crippen LogP) is 2.01. The molecule has 5 heteroatoms. The van der Waals surface area contributed by atoms with Crippen molar-refractivity contribution in [1.29, 1.82) is 0 Å². The number of hydrogen-bond donors (Lipinski definition) is 1. The molecule has 1 N–H and O–H groups in total. The fourth-order valence-corrected chi connectivity index (χ4v) is 1.76. The molecule has 0 saturated heterocycles. The first-order valence-corrected chi connectivity index (χ1v) is 7.04. The molecule has 0 aliphatic heterocycles. The summed E-state index contributed by atoms with van der Waals surface area (Å²) < 4.78 is 5.66. The second-order valence-electron chi connectivity index (χ2n) is 4.75. The molecule has 108 valence electrons. The van der Waals surface area contributed by atoms with Crippen molar-refractivity contribution in [3.05, 3.63) is 11.8 Å². The van der Waals surface area contributed by atoms with E-state index in [1.165, 1.54) is 0 Å². The third-order valence-corrected chi connectivity index (χ3v) is 2.65. The Bertz CT molecular complexity index is 382. The van der Waals surface area contributed by atoms with E-state index in [1.54, 1.807) is 0 Å². The third kappa shape index (κ3) is 5.42. The van der Waals surface area contributed by atoms with Crippen LogP contribution in [-0.2, 0) is 0 Å². The Morgan fingerprint density at radius 3 is 2.63 bits per heavy atom. The van der Waals surface area contributed by atoms with E-state index in [9.17, 15) is 0 Å². The molecule has 1 aromatic rings. The van der Waals surface area contributed by atoms with Crippen LogP contribution in [0.25, 0.3) is 0 Å². The molecule has 19 heavy (non-hydrogen) atoms. The minimum atomic E-state index is 0.124. The Balaban J connectivity index is 2.81. The summed E-state index contributed by atoms with van der Waals surface area (Å²) >= 11 is 0. The molecular weight excluding hydrogens is 240 g/mol. The second-order valence-corrected chi connectivity index (χ2v) is 4.75. The zero-order chi connectivity index (χ0) is 14.3. The van der Waals surface area contributed by atoms with Gasteiger partial charge in [-0.2, -0.15) is 4.98 Å². The summed E-state index contributed by atoms with van der Waals surface area (Å²) in [6.07, 6.45) is 0.124. The van der Waals surface area contributed by atoms with Crippen LogP contribution in [0.2, 0.25) is 0 Å². The van der Waals surface area contributed by atoms with Gasteiger partial charge in [0.2, 0.25) is 11.8 Å². The van der Waals surface area contributed by atoms with Crippen molar-refractivity contribution >= 4 is 5.95 Å². The summed E-state index contributed by atoms with van der Waals surface area (Å²) in [6, 6.07) is 1.88. The van der Waals surface area contributed by atoms with Gasteiger partial charge in [-0.3, -0.25) is 0 Å². The van der Waals surface area contributed by atoms with Crippen LogP contribution in [0.3, 0.4) is 0 Å². The summed E-state index contributed by atoms with van der Waals surface area (Å²) in [5.41, 5.74) is 0.933. The number of rotatable bonds is 8. The molecule has 0 fully saturated rings. The molecule has 0 bridgehead atoms. The Kier molecular flexibility index (Phi) is 6.56. The standard InChI is InChI=1S/C14H26N4O/c1-6-15-8-9-18(7-2)14-16-12(5)10-13(17-14)19-11(3)4/h10-11,15H,6-9H2,1-5H3.